The van der Waals surface area contributed by atoms with Crippen LogP contribution in [-0.2, 0) is 10.0 Å². The Labute approximate surface area is 103 Å². The first-order valence-corrected chi connectivity index (χ1v) is 7.14. The van der Waals surface area contributed by atoms with Gasteiger partial charge in [-0.1, -0.05) is 6.07 Å². The van der Waals surface area contributed by atoms with Crippen molar-refractivity contribution in [2.45, 2.75) is 11.1 Å². The summed E-state index contributed by atoms with van der Waals surface area (Å²) in [5.74, 6) is 0.333. The third kappa shape index (κ3) is 2.56. The molecule has 5 nitrogen and oxygen atoms in total. The maximum Gasteiger partial charge on any atom is 0.272 e. The number of anilines is 2. The Morgan fingerprint density at radius 1 is 1.47 bits per heavy atom. The maximum absolute atomic E-state index is 12.0. The van der Waals surface area contributed by atoms with Crippen molar-refractivity contribution < 1.29 is 8.42 Å². The second kappa shape index (κ2) is 4.34. The predicted octanol–water partition coefficient (Wildman–Crippen LogP) is 1.83. The summed E-state index contributed by atoms with van der Waals surface area (Å²) >= 11 is 1.08. The molecule has 2 aromatic heterocycles. The lowest BCUT2D eigenvalue weighted by atomic mass is 10.3. The molecule has 0 unspecified atom stereocenters. The van der Waals surface area contributed by atoms with Crippen LogP contribution in [0.4, 0.5) is 11.5 Å². The number of rotatable bonds is 3. The minimum atomic E-state index is -3.59. The van der Waals surface area contributed by atoms with Crippen molar-refractivity contribution in [3.05, 3.63) is 35.3 Å². The van der Waals surface area contributed by atoms with Crippen LogP contribution < -0.4 is 10.5 Å². The van der Waals surface area contributed by atoms with Gasteiger partial charge in [-0.2, -0.15) is 0 Å². The van der Waals surface area contributed by atoms with Crippen LogP contribution in [0.2, 0.25) is 0 Å². The number of nitrogen functional groups attached to an aromatic ring is 1. The fourth-order valence-electron chi connectivity index (χ4n) is 1.24. The minimum absolute atomic E-state index is 0.181. The summed E-state index contributed by atoms with van der Waals surface area (Å²) in [6.45, 7) is 1.79. The molecule has 0 radical (unpaired) electrons. The number of hydrogen-bond donors (Lipinski definition) is 2. The SMILES string of the molecule is Cc1cccnc1NS(=O)(=O)c1cc(N)cs1. The molecule has 0 spiro atoms. The Balaban J connectivity index is 2.33. The molecule has 0 aliphatic carbocycles. The molecule has 2 rings (SSSR count). The first kappa shape index (κ1) is 11.9. The molecule has 3 N–H and O–H groups in total. The summed E-state index contributed by atoms with van der Waals surface area (Å²) in [7, 11) is -3.59. The zero-order valence-corrected chi connectivity index (χ0v) is 10.7. The van der Waals surface area contributed by atoms with E-state index in [4.69, 9.17) is 5.73 Å². The lowest BCUT2D eigenvalue weighted by molar-refractivity contribution is 0.603. The maximum atomic E-state index is 12.0. The van der Waals surface area contributed by atoms with Gasteiger partial charge in [-0.05, 0) is 24.6 Å². The molecular formula is C10H11N3O2S2. The summed E-state index contributed by atoms with van der Waals surface area (Å²) in [5.41, 5.74) is 6.70. The second-order valence-corrected chi connectivity index (χ2v) is 6.29. The van der Waals surface area contributed by atoms with Gasteiger partial charge >= 0.3 is 0 Å². The van der Waals surface area contributed by atoms with Gasteiger partial charge in [0.15, 0.2) is 0 Å². The summed E-state index contributed by atoms with van der Waals surface area (Å²) in [6, 6.07) is 4.95. The van der Waals surface area contributed by atoms with Crippen molar-refractivity contribution in [1.29, 1.82) is 0 Å². The van der Waals surface area contributed by atoms with Crippen LogP contribution >= 0.6 is 11.3 Å². The van der Waals surface area contributed by atoms with E-state index >= 15 is 0 Å². The van der Waals surface area contributed by atoms with E-state index in [0.29, 0.717) is 11.5 Å². The van der Waals surface area contributed by atoms with Gasteiger partial charge in [0.25, 0.3) is 10.0 Å². The van der Waals surface area contributed by atoms with E-state index in [1.54, 1.807) is 24.4 Å². The normalized spacial score (nSPS) is 11.4. The highest BCUT2D eigenvalue weighted by atomic mass is 32.2. The van der Waals surface area contributed by atoms with Crippen molar-refractivity contribution in [1.82, 2.24) is 4.98 Å². The first-order valence-electron chi connectivity index (χ1n) is 4.77. The van der Waals surface area contributed by atoms with Crippen LogP contribution in [0.15, 0.2) is 34.0 Å². The van der Waals surface area contributed by atoms with Crippen molar-refractivity contribution in [2.24, 2.45) is 0 Å². The van der Waals surface area contributed by atoms with E-state index in [9.17, 15) is 8.42 Å². The lowest BCUT2D eigenvalue weighted by Gasteiger charge is -2.07. The summed E-state index contributed by atoms with van der Waals surface area (Å²) in [6.07, 6.45) is 1.54. The van der Waals surface area contributed by atoms with Gasteiger partial charge in [-0.3, -0.25) is 4.72 Å². The number of pyridine rings is 1. The number of nitrogens with zero attached hydrogens (tertiary/aromatic N) is 1. The molecule has 7 heteroatoms. The van der Waals surface area contributed by atoms with E-state index in [2.05, 4.69) is 9.71 Å². The molecule has 17 heavy (non-hydrogen) atoms. The van der Waals surface area contributed by atoms with E-state index in [1.165, 1.54) is 12.3 Å². The number of hydrogen-bond acceptors (Lipinski definition) is 5. The van der Waals surface area contributed by atoms with Gasteiger partial charge in [0.1, 0.15) is 10.0 Å². The van der Waals surface area contributed by atoms with Gasteiger partial charge in [-0.25, -0.2) is 13.4 Å². The van der Waals surface area contributed by atoms with Gasteiger partial charge < -0.3 is 5.73 Å². The fraction of sp³-hybridized carbons (Fsp3) is 0.100. The highest BCUT2D eigenvalue weighted by Gasteiger charge is 2.17. The summed E-state index contributed by atoms with van der Waals surface area (Å²) < 4.78 is 26.6. The number of aryl methyl sites for hydroxylation is 1. The number of sulfonamides is 1. The summed E-state index contributed by atoms with van der Waals surface area (Å²) in [5, 5.41) is 1.58. The van der Waals surface area contributed by atoms with Gasteiger partial charge in [0, 0.05) is 17.3 Å². The number of nitrogens with one attached hydrogen (secondary N) is 1. The smallest absolute Gasteiger partial charge is 0.272 e. The predicted molar refractivity (Wildman–Crippen MR) is 68.5 cm³/mol. The Bertz CT molecular complexity index is 635. The third-order valence-electron chi connectivity index (χ3n) is 2.10. The zero-order chi connectivity index (χ0) is 12.5. The molecule has 2 aromatic rings. The van der Waals surface area contributed by atoms with Crippen molar-refractivity contribution in [3.63, 3.8) is 0 Å². The largest absolute Gasteiger partial charge is 0.398 e. The van der Waals surface area contributed by atoms with Gasteiger partial charge in [0.2, 0.25) is 0 Å². The van der Waals surface area contributed by atoms with Crippen LogP contribution in [0, 0.1) is 6.92 Å². The van der Waals surface area contributed by atoms with Crippen LogP contribution in [0.25, 0.3) is 0 Å². The lowest BCUT2D eigenvalue weighted by Crippen LogP contribution is -2.13. The second-order valence-electron chi connectivity index (χ2n) is 3.47. The van der Waals surface area contributed by atoms with E-state index in [1.807, 2.05) is 0 Å². The van der Waals surface area contributed by atoms with Gasteiger partial charge in [0.05, 0.1) is 0 Å². The molecular weight excluding hydrogens is 258 g/mol. The topological polar surface area (TPSA) is 85.1 Å². The Hall–Kier alpha value is -1.60. The van der Waals surface area contributed by atoms with Crippen molar-refractivity contribution >= 4 is 32.9 Å². The van der Waals surface area contributed by atoms with Gasteiger partial charge in [-0.15, -0.1) is 11.3 Å². The van der Waals surface area contributed by atoms with E-state index in [-0.39, 0.29) is 4.21 Å². The molecule has 0 bridgehead atoms. The quantitative estimate of drug-likeness (QED) is 0.890. The fourth-order valence-corrected chi connectivity index (χ4v) is 3.40. The van der Waals surface area contributed by atoms with E-state index in [0.717, 1.165) is 16.9 Å². The molecule has 0 aromatic carbocycles. The Morgan fingerprint density at radius 2 is 2.24 bits per heavy atom. The van der Waals surface area contributed by atoms with Crippen molar-refractivity contribution in [2.75, 3.05) is 10.5 Å². The number of aromatic nitrogens is 1. The number of thiophene rings is 1. The molecule has 0 saturated carbocycles. The van der Waals surface area contributed by atoms with E-state index < -0.39 is 10.0 Å². The molecule has 0 atom stereocenters. The first-order chi connectivity index (χ1) is 7.99. The molecule has 0 aliphatic heterocycles. The molecule has 0 amide bonds. The molecule has 0 saturated heterocycles. The van der Waals surface area contributed by atoms with Crippen molar-refractivity contribution in [3.8, 4) is 0 Å². The Kier molecular flexibility index (Phi) is 3.03. The average molecular weight is 269 g/mol. The van der Waals surface area contributed by atoms with Crippen LogP contribution in [0.5, 0.6) is 0 Å². The highest BCUT2D eigenvalue weighted by molar-refractivity contribution is 7.94. The Morgan fingerprint density at radius 3 is 2.82 bits per heavy atom. The summed E-state index contributed by atoms with van der Waals surface area (Å²) in [4.78, 5) is 3.98. The number of nitrogens with two attached hydrogens (primary N) is 1. The minimum Gasteiger partial charge on any atom is -0.398 e. The third-order valence-corrected chi connectivity index (χ3v) is 4.90. The molecule has 90 valence electrons. The molecule has 2 heterocycles. The standard InChI is InChI=1S/C10H11N3O2S2/c1-7-3-2-4-12-10(7)13-17(14,15)9-5-8(11)6-16-9/h2-6H,11H2,1H3,(H,12,13). The van der Waals surface area contributed by atoms with Crippen LogP contribution in [0.1, 0.15) is 5.56 Å². The monoisotopic (exact) mass is 269 g/mol. The van der Waals surface area contributed by atoms with Crippen LogP contribution in [0.3, 0.4) is 0 Å². The molecule has 0 fully saturated rings. The molecule has 0 aliphatic rings. The zero-order valence-electron chi connectivity index (χ0n) is 9.04. The van der Waals surface area contributed by atoms with Crippen LogP contribution in [-0.4, -0.2) is 13.4 Å². The average Bonchev–Trinajstić information content (AvgIpc) is 2.69. The highest BCUT2D eigenvalue weighted by Crippen LogP contribution is 2.24.